The molecule has 3 aromatic rings. The van der Waals surface area contributed by atoms with Crippen molar-refractivity contribution in [3.8, 4) is 0 Å². The summed E-state index contributed by atoms with van der Waals surface area (Å²) < 4.78 is 56.3. The van der Waals surface area contributed by atoms with Gasteiger partial charge in [-0.3, -0.25) is 0 Å². The molecule has 0 bridgehead atoms. The molecule has 1 heterocycles. The zero-order chi connectivity index (χ0) is 21.7. The molecule has 1 N–H and O–H groups in total. The largest absolute Gasteiger partial charge is 0.478 e. The third kappa shape index (κ3) is 3.08. The van der Waals surface area contributed by atoms with Gasteiger partial charge in [0.05, 0.1) is 11.3 Å². The molecule has 1 atom stereocenters. The summed E-state index contributed by atoms with van der Waals surface area (Å²) in [6.07, 6.45) is -5.54. The van der Waals surface area contributed by atoms with Crippen LogP contribution in [0.4, 0.5) is 17.6 Å². The number of hydrogen-bond donors (Lipinski definition) is 1. The van der Waals surface area contributed by atoms with Crippen molar-refractivity contribution in [3.05, 3.63) is 82.7 Å². The molecule has 3 aromatic carbocycles. The molecule has 1 aliphatic rings. The number of carboxylic acids is 1. The summed E-state index contributed by atoms with van der Waals surface area (Å²) >= 11 is 0. The first-order valence-electron chi connectivity index (χ1n) is 8.97. The fourth-order valence-corrected chi connectivity index (χ4v) is 3.75. The molecular weight excluding hydrogens is 402 g/mol. The highest BCUT2D eigenvalue weighted by Crippen LogP contribution is 2.49. The number of fused-ring (bicyclic) bond motifs is 1. The maximum absolute atomic E-state index is 14.1. The minimum Gasteiger partial charge on any atom is -0.478 e. The van der Waals surface area contributed by atoms with Crippen LogP contribution in [0.15, 0.2) is 59.8 Å². The van der Waals surface area contributed by atoms with Gasteiger partial charge >= 0.3 is 12.1 Å². The lowest BCUT2D eigenvalue weighted by atomic mass is 9.84. The summed E-state index contributed by atoms with van der Waals surface area (Å²) in [4.78, 5) is 16.5. The van der Waals surface area contributed by atoms with E-state index in [1.165, 1.54) is 25.1 Å². The van der Waals surface area contributed by atoms with Crippen molar-refractivity contribution < 1.29 is 32.3 Å². The van der Waals surface area contributed by atoms with E-state index in [1.54, 1.807) is 24.3 Å². The lowest BCUT2D eigenvalue weighted by Crippen LogP contribution is -2.42. The quantitative estimate of drug-likeness (QED) is 0.567. The predicted octanol–water partition coefficient (Wildman–Crippen LogP) is 5.57. The van der Waals surface area contributed by atoms with E-state index in [2.05, 4.69) is 5.16 Å². The first-order chi connectivity index (χ1) is 14.1. The highest BCUT2D eigenvalue weighted by Gasteiger charge is 2.62. The maximum atomic E-state index is 14.1. The zero-order valence-electron chi connectivity index (χ0n) is 15.6. The van der Waals surface area contributed by atoms with Gasteiger partial charge in [0.1, 0.15) is 5.82 Å². The van der Waals surface area contributed by atoms with E-state index < -0.39 is 30.0 Å². The molecule has 4 nitrogen and oxygen atoms in total. The molecule has 0 saturated carbocycles. The average molecular weight is 417 g/mol. The topological polar surface area (TPSA) is 58.9 Å². The second-order valence-corrected chi connectivity index (χ2v) is 7.16. The van der Waals surface area contributed by atoms with Crippen LogP contribution in [0.3, 0.4) is 0 Å². The summed E-state index contributed by atoms with van der Waals surface area (Å²) in [6, 6.07) is 12.4. The SMILES string of the molecule is Cc1cc(F)cc(C2(C(F)(F)F)CC(c3ccc(C(=O)O)c4ccccc34)=NO2)c1. The molecule has 30 heavy (non-hydrogen) atoms. The molecular formula is C22H15F4NO3. The van der Waals surface area contributed by atoms with Crippen LogP contribution in [0.5, 0.6) is 0 Å². The lowest BCUT2D eigenvalue weighted by Gasteiger charge is -2.29. The number of hydrogen-bond acceptors (Lipinski definition) is 3. The van der Waals surface area contributed by atoms with Gasteiger partial charge in [-0.1, -0.05) is 41.6 Å². The highest BCUT2D eigenvalue weighted by molar-refractivity contribution is 6.15. The third-order valence-corrected chi connectivity index (χ3v) is 5.16. The first-order valence-corrected chi connectivity index (χ1v) is 8.97. The Morgan fingerprint density at radius 3 is 2.43 bits per heavy atom. The molecule has 0 radical (unpaired) electrons. The molecule has 8 heteroatoms. The van der Waals surface area contributed by atoms with E-state index in [-0.39, 0.29) is 16.8 Å². The Morgan fingerprint density at radius 2 is 1.80 bits per heavy atom. The van der Waals surface area contributed by atoms with Crippen LogP contribution >= 0.6 is 0 Å². The number of aryl methyl sites for hydroxylation is 1. The molecule has 0 saturated heterocycles. The molecule has 0 aliphatic carbocycles. The number of alkyl halides is 3. The Balaban J connectivity index is 1.84. The van der Waals surface area contributed by atoms with Gasteiger partial charge in [-0.15, -0.1) is 0 Å². The normalized spacial score (nSPS) is 18.9. The highest BCUT2D eigenvalue weighted by atomic mass is 19.4. The molecule has 0 spiro atoms. The van der Waals surface area contributed by atoms with E-state index >= 15 is 0 Å². The molecule has 4 rings (SSSR count). The molecule has 0 amide bonds. The van der Waals surface area contributed by atoms with E-state index in [1.807, 2.05) is 0 Å². The van der Waals surface area contributed by atoms with Crippen molar-refractivity contribution >= 4 is 22.5 Å². The molecule has 0 aromatic heterocycles. The minimum absolute atomic E-state index is 0.00220. The summed E-state index contributed by atoms with van der Waals surface area (Å²) in [5.74, 6) is -1.95. The van der Waals surface area contributed by atoms with Crippen molar-refractivity contribution in [2.45, 2.75) is 25.1 Å². The monoisotopic (exact) mass is 417 g/mol. The Hall–Kier alpha value is -3.42. The number of aromatic carboxylic acids is 1. The number of carboxylic acid groups (broad SMARTS) is 1. The number of carbonyl (C=O) groups is 1. The average Bonchev–Trinajstić information content (AvgIpc) is 3.13. The number of halogens is 4. The standard InChI is InChI=1S/C22H15F4NO3/c1-12-8-13(10-14(23)9-12)21(22(24,25)26)11-19(27-30-21)17-6-7-18(20(28)29)16-5-3-2-4-15(16)17/h2-10H,11H2,1H3,(H,28,29). The third-order valence-electron chi connectivity index (χ3n) is 5.16. The number of nitrogens with zero attached hydrogens (tertiary/aromatic N) is 1. The zero-order valence-corrected chi connectivity index (χ0v) is 15.6. The van der Waals surface area contributed by atoms with Gasteiger partial charge in [0, 0.05) is 17.5 Å². The van der Waals surface area contributed by atoms with E-state index in [9.17, 15) is 27.5 Å². The molecule has 0 fully saturated rings. The Morgan fingerprint density at radius 1 is 1.10 bits per heavy atom. The van der Waals surface area contributed by atoms with Crippen molar-refractivity contribution in [3.63, 3.8) is 0 Å². The molecule has 1 unspecified atom stereocenters. The van der Waals surface area contributed by atoms with Gasteiger partial charge in [0.15, 0.2) is 0 Å². The van der Waals surface area contributed by atoms with Crippen LogP contribution < -0.4 is 0 Å². The summed E-state index contributed by atoms with van der Waals surface area (Å²) in [5, 5.41) is 13.9. The van der Waals surface area contributed by atoms with Gasteiger partial charge in [-0.05, 0) is 41.5 Å². The van der Waals surface area contributed by atoms with E-state index in [0.29, 0.717) is 21.9 Å². The van der Waals surface area contributed by atoms with Gasteiger partial charge in [0.2, 0.25) is 0 Å². The minimum atomic E-state index is -4.87. The fraction of sp³-hybridized carbons (Fsp3) is 0.182. The number of rotatable bonds is 3. The van der Waals surface area contributed by atoms with Gasteiger partial charge < -0.3 is 9.94 Å². The molecule has 1 aliphatic heterocycles. The second kappa shape index (κ2) is 6.83. The maximum Gasteiger partial charge on any atom is 0.435 e. The summed E-state index contributed by atoms with van der Waals surface area (Å²) in [6.45, 7) is 1.49. The van der Waals surface area contributed by atoms with Crippen LogP contribution in [-0.2, 0) is 10.4 Å². The Bertz CT molecular complexity index is 1180. The van der Waals surface area contributed by atoms with Gasteiger partial charge in [-0.25, -0.2) is 9.18 Å². The van der Waals surface area contributed by atoms with Crippen molar-refractivity contribution in [2.75, 3.05) is 0 Å². The van der Waals surface area contributed by atoms with Crippen LogP contribution in [0.2, 0.25) is 0 Å². The van der Waals surface area contributed by atoms with Gasteiger partial charge in [-0.2, -0.15) is 13.2 Å². The van der Waals surface area contributed by atoms with Crippen molar-refractivity contribution in [1.29, 1.82) is 0 Å². The fourth-order valence-electron chi connectivity index (χ4n) is 3.75. The van der Waals surface area contributed by atoms with Crippen molar-refractivity contribution in [1.82, 2.24) is 0 Å². The summed E-state index contributed by atoms with van der Waals surface area (Å²) in [5.41, 5.74) is -2.53. The van der Waals surface area contributed by atoms with Crippen LogP contribution in [0.1, 0.15) is 33.5 Å². The summed E-state index contributed by atoms with van der Waals surface area (Å²) in [7, 11) is 0. The van der Waals surface area contributed by atoms with Crippen LogP contribution in [0, 0.1) is 12.7 Å². The second-order valence-electron chi connectivity index (χ2n) is 7.16. The Labute approximate surface area is 168 Å². The van der Waals surface area contributed by atoms with Crippen LogP contribution in [0.25, 0.3) is 10.8 Å². The van der Waals surface area contributed by atoms with E-state index in [4.69, 9.17) is 4.84 Å². The smallest absolute Gasteiger partial charge is 0.435 e. The molecule has 154 valence electrons. The van der Waals surface area contributed by atoms with Crippen molar-refractivity contribution in [2.24, 2.45) is 5.16 Å². The number of oxime groups is 1. The van der Waals surface area contributed by atoms with Crippen LogP contribution in [-0.4, -0.2) is 23.0 Å². The lowest BCUT2D eigenvalue weighted by molar-refractivity contribution is -0.275. The number of benzene rings is 3. The first kappa shape index (κ1) is 19.9. The predicted molar refractivity (Wildman–Crippen MR) is 102 cm³/mol. The van der Waals surface area contributed by atoms with Gasteiger partial charge in [0.25, 0.3) is 5.60 Å². The van der Waals surface area contributed by atoms with E-state index in [0.717, 1.165) is 12.1 Å². The Kier molecular flexibility index (Phi) is 4.52.